The molecule has 0 radical (unpaired) electrons. The molecule has 6 heteroatoms. The molecule has 2 amide bonds. The normalized spacial score (nSPS) is 18.1. The predicted octanol–water partition coefficient (Wildman–Crippen LogP) is 0.0524. The van der Waals surface area contributed by atoms with Crippen LogP contribution in [0.4, 0.5) is 0 Å². The molecule has 0 aromatic carbocycles. The quantitative estimate of drug-likeness (QED) is 0.751. The Morgan fingerprint density at radius 3 is 3.05 bits per heavy atom. The maximum atomic E-state index is 12.0. The first-order valence-corrected chi connectivity index (χ1v) is 6.69. The number of thiophene rings is 1. The van der Waals surface area contributed by atoms with Crippen molar-refractivity contribution < 1.29 is 14.7 Å². The molecule has 19 heavy (non-hydrogen) atoms. The molecule has 1 atom stereocenters. The average Bonchev–Trinajstić information content (AvgIpc) is 2.98. The molecule has 1 aliphatic heterocycles. The van der Waals surface area contributed by atoms with Gasteiger partial charge in [-0.25, -0.2) is 0 Å². The minimum atomic E-state index is -0.424. The number of nitrogens with zero attached hydrogens (tertiary/aromatic N) is 1. The van der Waals surface area contributed by atoms with Gasteiger partial charge in [-0.1, -0.05) is 11.8 Å². The second-order valence-electron chi connectivity index (χ2n) is 4.20. The molecule has 1 aliphatic rings. The van der Waals surface area contributed by atoms with Gasteiger partial charge < -0.3 is 15.3 Å². The highest BCUT2D eigenvalue weighted by atomic mass is 32.1. The van der Waals surface area contributed by atoms with Crippen LogP contribution in [0.1, 0.15) is 21.0 Å². The summed E-state index contributed by atoms with van der Waals surface area (Å²) in [5.74, 6) is 4.96. The van der Waals surface area contributed by atoms with E-state index in [1.807, 2.05) is 0 Å². The Bertz CT molecular complexity index is 556. The number of aliphatic hydroxyl groups is 1. The number of hydrogen-bond acceptors (Lipinski definition) is 4. The molecule has 0 saturated carbocycles. The van der Waals surface area contributed by atoms with Crippen molar-refractivity contribution in [2.75, 3.05) is 20.2 Å². The van der Waals surface area contributed by atoms with Crippen molar-refractivity contribution in [1.82, 2.24) is 10.2 Å². The lowest BCUT2D eigenvalue weighted by Gasteiger charge is -2.11. The first-order chi connectivity index (χ1) is 9.11. The molecule has 0 spiro atoms. The number of likely N-dealkylation sites (N-methyl/N-ethyl adjacent to an activating group) is 1. The molecule has 0 bridgehead atoms. The molecule has 100 valence electrons. The molecule has 1 aromatic rings. The third-order valence-electron chi connectivity index (χ3n) is 2.85. The smallest absolute Gasteiger partial charge is 0.262 e. The molecular weight excluding hydrogens is 264 g/mol. The van der Waals surface area contributed by atoms with Crippen LogP contribution in [-0.2, 0) is 4.79 Å². The van der Waals surface area contributed by atoms with Gasteiger partial charge in [0.2, 0.25) is 5.91 Å². The van der Waals surface area contributed by atoms with Crippen LogP contribution in [0.15, 0.2) is 12.1 Å². The topological polar surface area (TPSA) is 69.6 Å². The summed E-state index contributed by atoms with van der Waals surface area (Å²) in [5, 5.41) is 11.3. The third kappa shape index (κ3) is 3.13. The Morgan fingerprint density at radius 2 is 2.42 bits per heavy atom. The first-order valence-electron chi connectivity index (χ1n) is 5.87. The van der Waals surface area contributed by atoms with E-state index in [2.05, 4.69) is 17.2 Å². The first kappa shape index (κ1) is 13.6. The van der Waals surface area contributed by atoms with Crippen LogP contribution in [0.25, 0.3) is 0 Å². The lowest BCUT2D eigenvalue weighted by Crippen LogP contribution is -2.40. The maximum Gasteiger partial charge on any atom is 0.262 e. The molecule has 1 unspecified atom stereocenters. The van der Waals surface area contributed by atoms with Crippen LogP contribution in [0.5, 0.6) is 0 Å². The van der Waals surface area contributed by atoms with E-state index in [-0.39, 0.29) is 18.4 Å². The Morgan fingerprint density at radius 1 is 1.63 bits per heavy atom. The summed E-state index contributed by atoms with van der Waals surface area (Å²) in [7, 11) is 1.72. The fourth-order valence-electron chi connectivity index (χ4n) is 1.84. The molecule has 1 saturated heterocycles. The van der Waals surface area contributed by atoms with Crippen molar-refractivity contribution in [3.63, 3.8) is 0 Å². The van der Waals surface area contributed by atoms with Gasteiger partial charge in [0, 0.05) is 13.6 Å². The van der Waals surface area contributed by atoms with E-state index in [0.29, 0.717) is 22.7 Å². The van der Waals surface area contributed by atoms with Gasteiger partial charge in [0.05, 0.1) is 9.75 Å². The minimum absolute atomic E-state index is 0.0507. The van der Waals surface area contributed by atoms with E-state index >= 15 is 0 Å². The highest BCUT2D eigenvalue weighted by molar-refractivity contribution is 7.14. The number of hydrogen-bond donors (Lipinski definition) is 2. The van der Waals surface area contributed by atoms with Crippen LogP contribution in [-0.4, -0.2) is 48.1 Å². The number of amides is 2. The third-order valence-corrected chi connectivity index (χ3v) is 3.85. The van der Waals surface area contributed by atoms with Crippen molar-refractivity contribution in [3.8, 4) is 11.8 Å². The number of nitrogens with one attached hydrogen (secondary N) is 1. The van der Waals surface area contributed by atoms with Crippen molar-refractivity contribution in [2.24, 2.45) is 0 Å². The van der Waals surface area contributed by atoms with E-state index in [0.717, 1.165) is 0 Å². The van der Waals surface area contributed by atoms with E-state index in [9.17, 15) is 9.59 Å². The van der Waals surface area contributed by atoms with Crippen LogP contribution >= 0.6 is 11.3 Å². The fraction of sp³-hybridized carbons (Fsp3) is 0.385. The lowest BCUT2D eigenvalue weighted by atomic mass is 10.2. The number of carbonyl (C=O) groups excluding carboxylic acids is 2. The van der Waals surface area contributed by atoms with Gasteiger partial charge in [-0.2, -0.15) is 0 Å². The van der Waals surface area contributed by atoms with Gasteiger partial charge in [-0.05, 0) is 18.6 Å². The van der Waals surface area contributed by atoms with Gasteiger partial charge in [-0.15, -0.1) is 11.3 Å². The Labute approximate surface area is 115 Å². The van der Waals surface area contributed by atoms with Gasteiger partial charge in [0.1, 0.15) is 12.6 Å². The molecule has 0 aliphatic carbocycles. The second kappa shape index (κ2) is 5.87. The molecule has 2 heterocycles. The number of aliphatic hydroxyl groups excluding tert-OH is 1. The summed E-state index contributed by atoms with van der Waals surface area (Å²) in [6.45, 7) is 0.462. The van der Waals surface area contributed by atoms with Crippen LogP contribution in [0, 0.1) is 11.8 Å². The fourth-order valence-corrected chi connectivity index (χ4v) is 2.62. The summed E-state index contributed by atoms with van der Waals surface area (Å²) in [5.41, 5.74) is 0. The van der Waals surface area contributed by atoms with Gasteiger partial charge in [0.15, 0.2) is 0 Å². The van der Waals surface area contributed by atoms with Gasteiger partial charge >= 0.3 is 0 Å². The van der Waals surface area contributed by atoms with E-state index < -0.39 is 6.04 Å². The summed E-state index contributed by atoms with van der Waals surface area (Å²) in [6.07, 6.45) is 0.642. The predicted molar refractivity (Wildman–Crippen MR) is 71.8 cm³/mol. The van der Waals surface area contributed by atoms with Gasteiger partial charge in [0.25, 0.3) is 5.91 Å². The number of carbonyl (C=O) groups is 2. The zero-order valence-electron chi connectivity index (χ0n) is 10.5. The second-order valence-corrected chi connectivity index (χ2v) is 5.28. The zero-order valence-corrected chi connectivity index (χ0v) is 11.3. The largest absolute Gasteiger partial charge is 0.384 e. The Hall–Kier alpha value is -1.84. The highest BCUT2D eigenvalue weighted by Crippen LogP contribution is 2.16. The molecule has 2 rings (SSSR count). The van der Waals surface area contributed by atoms with E-state index in [1.54, 1.807) is 24.1 Å². The molecular formula is C13H14N2O3S. The van der Waals surface area contributed by atoms with Crippen molar-refractivity contribution >= 4 is 23.2 Å². The highest BCUT2D eigenvalue weighted by Gasteiger charge is 2.30. The summed E-state index contributed by atoms with van der Waals surface area (Å²) in [6, 6.07) is 2.97. The molecule has 5 nitrogen and oxygen atoms in total. The summed E-state index contributed by atoms with van der Waals surface area (Å²) >= 11 is 1.24. The molecule has 1 aromatic heterocycles. The Kier molecular flexibility index (Phi) is 4.20. The van der Waals surface area contributed by atoms with Crippen molar-refractivity contribution in [3.05, 3.63) is 21.9 Å². The van der Waals surface area contributed by atoms with Gasteiger partial charge in [-0.3, -0.25) is 9.59 Å². The van der Waals surface area contributed by atoms with E-state index in [4.69, 9.17) is 5.11 Å². The number of likely N-dealkylation sites (tertiary alicyclic amines) is 1. The molecule has 2 N–H and O–H groups in total. The standard InChI is InChI=1S/C13H14N2O3S/c1-15-7-6-10(13(15)18)14-12(17)11-5-4-9(19-11)3-2-8-16/h4-5,10,16H,6-8H2,1H3,(H,14,17). The number of rotatable bonds is 2. The van der Waals surface area contributed by atoms with E-state index in [1.165, 1.54) is 11.3 Å². The van der Waals surface area contributed by atoms with Crippen molar-refractivity contribution in [1.29, 1.82) is 0 Å². The van der Waals surface area contributed by atoms with Crippen molar-refractivity contribution in [2.45, 2.75) is 12.5 Å². The van der Waals surface area contributed by atoms with Crippen LogP contribution < -0.4 is 5.32 Å². The minimum Gasteiger partial charge on any atom is -0.384 e. The zero-order chi connectivity index (χ0) is 13.8. The SMILES string of the molecule is CN1CCC(NC(=O)c2ccc(C#CCO)s2)C1=O. The summed E-state index contributed by atoms with van der Waals surface area (Å²) < 4.78 is 0. The van der Waals surface area contributed by atoms with Crippen LogP contribution in [0.2, 0.25) is 0 Å². The monoisotopic (exact) mass is 278 g/mol. The van der Waals surface area contributed by atoms with Crippen LogP contribution in [0.3, 0.4) is 0 Å². The average molecular weight is 278 g/mol. The summed E-state index contributed by atoms with van der Waals surface area (Å²) in [4.78, 5) is 26.5. The lowest BCUT2D eigenvalue weighted by molar-refractivity contribution is -0.128. The Balaban J connectivity index is 2.00. The molecule has 1 fully saturated rings. The maximum absolute atomic E-state index is 12.0.